The van der Waals surface area contributed by atoms with Gasteiger partial charge in [-0.15, -0.1) is 11.6 Å². The van der Waals surface area contributed by atoms with Crippen LogP contribution in [0, 0.1) is 0 Å². The first-order valence-electron chi connectivity index (χ1n) is 7.75. The molecule has 138 valence electrons. The Kier molecular flexibility index (Phi) is 6.29. The largest absolute Gasteiger partial charge is 0.448 e. The first-order chi connectivity index (χ1) is 11.8. The molecule has 2 rings (SSSR count). The van der Waals surface area contributed by atoms with E-state index >= 15 is 0 Å². The predicted molar refractivity (Wildman–Crippen MR) is 86.5 cm³/mol. The van der Waals surface area contributed by atoms with Gasteiger partial charge >= 0.3 is 12.3 Å². The summed E-state index contributed by atoms with van der Waals surface area (Å²) in [6.07, 6.45) is -5.78. The summed E-state index contributed by atoms with van der Waals surface area (Å²) in [5.74, 6) is 0. The van der Waals surface area contributed by atoms with E-state index in [9.17, 15) is 18.0 Å². The molecule has 2 atom stereocenters. The van der Waals surface area contributed by atoms with E-state index in [0.29, 0.717) is 6.61 Å². The fourth-order valence-electron chi connectivity index (χ4n) is 2.40. The molecule has 0 fully saturated rings. The van der Waals surface area contributed by atoms with Gasteiger partial charge < -0.3 is 9.47 Å². The summed E-state index contributed by atoms with van der Waals surface area (Å²) in [5.41, 5.74) is -0.456. The Labute approximate surface area is 148 Å². The van der Waals surface area contributed by atoms with Crippen LogP contribution in [0.2, 0.25) is 0 Å². The van der Waals surface area contributed by atoms with Crippen LogP contribution in [0.4, 0.5) is 18.0 Å². The van der Waals surface area contributed by atoms with Crippen molar-refractivity contribution in [3.63, 3.8) is 0 Å². The summed E-state index contributed by atoms with van der Waals surface area (Å²) in [5, 5.41) is 4.41. The first-order valence-corrected chi connectivity index (χ1v) is 8.19. The van der Waals surface area contributed by atoms with E-state index in [0.717, 1.165) is 17.1 Å². The number of alkyl halides is 4. The summed E-state index contributed by atoms with van der Waals surface area (Å²) < 4.78 is 49.1. The number of carbonyl (C=O) groups is 1. The Balaban J connectivity index is 2.41. The van der Waals surface area contributed by atoms with Crippen molar-refractivity contribution in [1.29, 1.82) is 0 Å². The van der Waals surface area contributed by atoms with Gasteiger partial charge in [0.1, 0.15) is 0 Å². The van der Waals surface area contributed by atoms with Gasteiger partial charge in [-0.05, 0) is 31.5 Å². The van der Waals surface area contributed by atoms with Gasteiger partial charge in [0.15, 0.2) is 6.23 Å². The normalized spacial score (nSPS) is 21.0. The van der Waals surface area contributed by atoms with Gasteiger partial charge in [0.05, 0.1) is 23.3 Å². The molecule has 5 nitrogen and oxygen atoms in total. The van der Waals surface area contributed by atoms with E-state index in [-0.39, 0.29) is 24.3 Å². The lowest BCUT2D eigenvalue weighted by atomic mass is 10.0. The Morgan fingerprint density at radius 1 is 1.36 bits per heavy atom. The second kappa shape index (κ2) is 8.05. The monoisotopic (exact) mass is 378 g/mol. The van der Waals surface area contributed by atoms with Gasteiger partial charge in [0.2, 0.25) is 0 Å². The number of amides is 1. The van der Waals surface area contributed by atoms with Crippen molar-refractivity contribution in [3.8, 4) is 0 Å². The molecule has 0 saturated carbocycles. The van der Waals surface area contributed by atoms with Crippen LogP contribution < -0.4 is 0 Å². The van der Waals surface area contributed by atoms with Crippen LogP contribution in [0.5, 0.6) is 0 Å². The van der Waals surface area contributed by atoms with Gasteiger partial charge in [-0.2, -0.15) is 23.3 Å². The molecule has 0 bridgehead atoms. The molecule has 0 N–H and O–H groups in total. The highest BCUT2D eigenvalue weighted by Gasteiger charge is 2.36. The van der Waals surface area contributed by atoms with E-state index in [1.54, 1.807) is 13.8 Å². The minimum absolute atomic E-state index is 0.132. The van der Waals surface area contributed by atoms with Gasteiger partial charge in [0.25, 0.3) is 0 Å². The number of benzene rings is 1. The van der Waals surface area contributed by atoms with Crippen molar-refractivity contribution in [1.82, 2.24) is 5.01 Å². The zero-order valence-corrected chi connectivity index (χ0v) is 14.5. The van der Waals surface area contributed by atoms with Crippen molar-refractivity contribution in [2.24, 2.45) is 5.10 Å². The molecule has 0 saturated heterocycles. The van der Waals surface area contributed by atoms with Crippen molar-refractivity contribution in [2.75, 3.05) is 13.2 Å². The number of hydrogen-bond donors (Lipinski definition) is 0. The van der Waals surface area contributed by atoms with Gasteiger partial charge in [-0.1, -0.05) is 12.1 Å². The SMILES string of the molecule is CCOC(=O)N1N=C(c2cccc(C(F)(F)F)c2)[C@H](Cl)C[C@@H]1OCC. The standard InChI is InChI=1S/C16H18ClF3N2O3/c1-3-24-13-9-12(17)14(21-22(13)15(23)25-4-2)10-6-5-7-11(8-10)16(18,19)20/h5-8,12-13H,3-4,9H2,1-2H3/t12-,13+/m1/s1. The van der Waals surface area contributed by atoms with Crippen LogP contribution in [0.1, 0.15) is 31.4 Å². The highest BCUT2D eigenvalue weighted by atomic mass is 35.5. The summed E-state index contributed by atoms with van der Waals surface area (Å²) in [6.45, 7) is 3.84. The summed E-state index contributed by atoms with van der Waals surface area (Å²) in [4.78, 5) is 12.1. The summed E-state index contributed by atoms with van der Waals surface area (Å²) in [6, 6.07) is 4.65. The van der Waals surface area contributed by atoms with Crippen LogP contribution in [-0.4, -0.2) is 41.6 Å². The molecule has 25 heavy (non-hydrogen) atoms. The number of rotatable bonds is 4. The van der Waals surface area contributed by atoms with Crippen LogP contribution >= 0.6 is 11.6 Å². The average Bonchev–Trinajstić information content (AvgIpc) is 2.55. The Hall–Kier alpha value is -1.80. The average molecular weight is 379 g/mol. The summed E-state index contributed by atoms with van der Waals surface area (Å²) >= 11 is 6.29. The molecule has 1 aromatic rings. The lowest BCUT2D eigenvalue weighted by molar-refractivity contribution is -0.137. The highest BCUT2D eigenvalue weighted by molar-refractivity contribution is 6.35. The number of nitrogens with zero attached hydrogens (tertiary/aromatic N) is 2. The third-order valence-electron chi connectivity index (χ3n) is 3.49. The number of ether oxygens (including phenoxy) is 2. The maximum absolute atomic E-state index is 12.9. The second-order valence-corrected chi connectivity index (χ2v) is 5.75. The third kappa shape index (κ3) is 4.64. The second-order valence-electron chi connectivity index (χ2n) is 5.22. The van der Waals surface area contributed by atoms with E-state index in [1.807, 2.05) is 0 Å². The first kappa shape index (κ1) is 19.5. The molecule has 1 aliphatic heterocycles. The third-order valence-corrected chi connectivity index (χ3v) is 3.88. The van der Waals surface area contributed by atoms with E-state index < -0.39 is 29.4 Å². The quantitative estimate of drug-likeness (QED) is 0.736. The van der Waals surface area contributed by atoms with Crippen LogP contribution in [0.3, 0.4) is 0 Å². The smallest absolute Gasteiger partial charge is 0.432 e. The zero-order valence-electron chi connectivity index (χ0n) is 13.7. The number of hydrazone groups is 1. The topological polar surface area (TPSA) is 51.1 Å². The van der Waals surface area contributed by atoms with E-state index in [1.165, 1.54) is 12.1 Å². The van der Waals surface area contributed by atoms with Gasteiger partial charge in [0, 0.05) is 13.0 Å². The Morgan fingerprint density at radius 2 is 2.08 bits per heavy atom. The molecular formula is C16H18ClF3N2O3. The van der Waals surface area contributed by atoms with E-state index in [4.69, 9.17) is 21.1 Å². The van der Waals surface area contributed by atoms with Gasteiger partial charge in [-0.3, -0.25) is 0 Å². The summed E-state index contributed by atoms with van der Waals surface area (Å²) in [7, 11) is 0. The molecular weight excluding hydrogens is 361 g/mol. The number of hydrogen-bond acceptors (Lipinski definition) is 4. The highest BCUT2D eigenvalue weighted by Crippen LogP contribution is 2.31. The molecule has 0 spiro atoms. The minimum Gasteiger partial charge on any atom is -0.448 e. The Bertz CT molecular complexity index is 652. The van der Waals surface area contributed by atoms with Crippen LogP contribution in [-0.2, 0) is 15.7 Å². The fourth-order valence-corrected chi connectivity index (χ4v) is 2.73. The van der Waals surface area contributed by atoms with Crippen LogP contribution in [0.25, 0.3) is 0 Å². The molecule has 1 aliphatic rings. The maximum atomic E-state index is 12.9. The van der Waals surface area contributed by atoms with Crippen LogP contribution in [0.15, 0.2) is 29.4 Å². The molecule has 1 aromatic carbocycles. The molecule has 0 aliphatic carbocycles. The molecule has 0 unspecified atom stereocenters. The maximum Gasteiger partial charge on any atom is 0.432 e. The molecule has 0 aromatic heterocycles. The minimum atomic E-state index is -4.48. The van der Waals surface area contributed by atoms with Gasteiger partial charge in [-0.25, -0.2) is 4.79 Å². The molecule has 1 heterocycles. The van der Waals surface area contributed by atoms with E-state index in [2.05, 4.69) is 5.10 Å². The van der Waals surface area contributed by atoms with Crippen molar-refractivity contribution in [2.45, 2.75) is 38.0 Å². The molecule has 9 heteroatoms. The van der Waals surface area contributed by atoms with Crippen molar-refractivity contribution >= 4 is 23.4 Å². The lowest BCUT2D eigenvalue weighted by Crippen LogP contribution is -2.46. The number of halogens is 4. The Morgan fingerprint density at radius 3 is 2.68 bits per heavy atom. The van der Waals surface area contributed by atoms with Crippen molar-refractivity contribution < 1.29 is 27.4 Å². The fraction of sp³-hybridized carbons (Fsp3) is 0.500. The predicted octanol–water partition coefficient (Wildman–Crippen LogP) is 4.24. The lowest BCUT2D eigenvalue weighted by Gasteiger charge is -2.33. The zero-order chi connectivity index (χ0) is 18.6. The molecule has 0 radical (unpaired) electrons. The number of carbonyl (C=O) groups excluding carboxylic acids is 1. The van der Waals surface area contributed by atoms with Crippen molar-refractivity contribution in [3.05, 3.63) is 35.4 Å². The molecule has 1 amide bonds.